The average Bonchev–Trinajstić information content (AvgIpc) is 3.81. The highest BCUT2D eigenvalue weighted by Gasteiger charge is 2.08. The van der Waals surface area contributed by atoms with Crippen LogP contribution in [0.1, 0.15) is 10.4 Å². The van der Waals surface area contributed by atoms with Crippen LogP contribution in [0.3, 0.4) is 0 Å². The molecule has 0 aliphatic heterocycles. The zero-order chi connectivity index (χ0) is 32.0. The summed E-state index contributed by atoms with van der Waals surface area (Å²) in [5, 5.41) is 38.5. The molecule has 0 radical (unpaired) electrons. The molecule has 2 aromatic heterocycles. The fourth-order valence-electron chi connectivity index (χ4n) is 5.10. The third kappa shape index (κ3) is 7.13. The summed E-state index contributed by atoms with van der Waals surface area (Å²) < 4.78 is 1.06. The Kier molecular flexibility index (Phi) is 9.45. The van der Waals surface area contributed by atoms with Gasteiger partial charge in [0.2, 0.25) is 0 Å². The van der Waals surface area contributed by atoms with Gasteiger partial charge in [-0.25, -0.2) is 0 Å². The van der Waals surface area contributed by atoms with E-state index in [2.05, 4.69) is 51.6 Å². The minimum Gasteiger partial charge on any atom is -0.508 e. The Balaban J connectivity index is 0.000000124. The molecule has 0 aliphatic carbocycles. The number of benzene rings is 6. The van der Waals surface area contributed by atoms with Gasteiger partial charge < -0.3 is 15.3 Å². The highest BCUT2D eigenvalue weighted by Crippen LogP contribution is 2.32. The molecular weight excluding hydrogens is 676 g/mol. The molecule has 7 heteroatoms. The molecule has 226 valence electrons. The van der Waals surface area contributed by atoms with E-state index in [0.717, 1.165) is 42.4 Å². The zero-order valence-corrected chi connectivity index (χ0v) is 27.5. The first-order chi connectivity index (χ1) is 22.4. The molecule has 8 rings (SSSR count). The van der Waals surface area contributed by atoms with Gasteiger partial charge in [-0.15, -0.1) is 22.7 Å². The van der Waals surface area contributed by atoms with E-state index in [-0.39, 0.29) is 5.75 Å². The maximum absolute atomic E-state index is 11.0. The topological polar surface area (TPSA) is 77.8 Å². The summed E-state index contributed by atoms with van der Waals surface area (Å²) in [5.74, 6) is 0.655. The minimum atomic E-state index is 0.0290. The number of halogens is 1. The van der Waals surface area contributed by atoms with E-state index in [4.69, 9.17) is 0 Å². The molecule has 46 heavy (non-hydrogen) atoms. The fourth-order valence-corrected chi connectivity index (χ4v) is 6.92. The molecule has 3 N–H and O–H groups in total. The summed E-state index contributed by atoms with van der Waals surface area (Å²) in [4.78, 5) is 13.5. The summed E-state index contributed by atoms with van der Waals surface area (Å²) in [6.07, 6.45) is 0.697. The lowest BCUT2D eigenvalue weighted by Crippen LogP contribution is -1.85. The number of thiophene rings is 2. The Bertz CT molecular complexity index is 2240. The average molecular weight is 704 g/mol. The lowest BCUT2D eigenvalue weighted by Gasteiger charge is -2.05. The van der Waals surface area contributed by atoms with Gasteiger partial charge in [0, 0.05) is 14.2 Å². The van der Waals surface area contributed by atoms with Crippen molar-refractivity contribution in [2.75, 3.05) is 0 Å². The van der Waals surface area contributed by atoms with Crippen LogP contribution >= 0.6 is 38.6 Å². The largest absolute Gasteiger partial charge is 0.508 e. The van der Waals surface area contributed by atoms with Crippen molar-refractivity contribution in [3.63, 3.8) is 0 Å². The predicted octanol–water partition coefficient (Wildman–Crippen LogP) is 11.7. The van der Waals surface area contributed by atoms with Gasteiger partial charge in [0.1, 0.15) is 17.2 Å². The number of fused-ring (bicyclic) bond motifs is 3. The van der Waals surface area contributed by atoms with Crippen LogP contribution < -0.4 is 0 Å². The van der Waals surface area contributed by atoms with Gasteiger partial charge in [-0.3, -0.25) is 4.79 Å². The molecule has 0 fully saturated rings. The monoisotopic (exact) mass is 702 g/mol. The lowest BCUT2D eigenvalue weighted by atomic mass is 10.0. The molecule has 0 saturated heterocycles. The van der Waals surface area contributed by atoms with Gasteiger partial charge in [-0.2, -0.15) is 0 Å². The highest BCUT2D eigenvalue weighted by atomic mass is 79.9. The Morgan fingerprint density at radius 2 is 1.02 bits per heavy atom. The molecule has 0 spiro atoms. The molecule has 8 aromatic rings. The van der Waals surface area contributed by atoms with Crippen LogP contribution in [0.4, 0.5) is 0 Å². The van der Waals surface area contributed by atoms with Crippen molar-refractivity contribution in [3.8, 4) is 38.1 Å². The van der Waals surface area contributed by atoms with Crippen LogP contribution in [-0.2, 0) is 0 Å². The second-order valence-corrected chi connectivity index (χ2v) is 13.2. The van der Waals surface area contributed by atoms with Crippen molar-refractivity contribution in [1.29, 1.82) is 0 Å². The van der Waals surface area contributed by atoms with Crippen molar-refractivity contribution in [3.05, 3.63) is 148 Å². The minimum absolute atomic E-state index is 0.0290. The number of hydrogen-bond acceptors (Lipinski definition) is 6. The van der Waals surface area contributed by atoms with E-state index >= 15 is 0 Å². The first-order valence-corrected chi connectivity index (χ1v) is 16.8. The normalized spacial score (nSPS) is 10.6. The highest BCUT2D eigenvalue weighted by molar-refractivity contribution is 9.10. The van der Waals surface area contributed by atoms with Gasteiger partial charge in [-0.1, -0.05) is 76.6 Å². The molecule has 0 aliphatic rings. The Labute approximate surface area is 282 Å². The van der Waals surface area contributed by atoms with Crippen molar-refractivity contribution in [1.82, 2.24) is 0 Å². The van der Waals surface area contributed by atoms with E-state index in [1.165, 1.54) is 15.3 Å². The quantitative estimate of drug-likeness (QED) is 0.160. The van der Waals surface area contributed by atoms with Crippen LogP contribution in [0.5, 0.6) is 17.2 Å². The first kappa shape index (κ1) is 31.0. The number of hydrogen-bond donors (Lipinski definition) is 3. The fraction of sp³-hybridized carbons (Fsp3) is 0. The van der Waals surface area contributed by atoms with Gasteiger partial charge in [-0.05, 0) is 121 Å². The summed E-state index contributed by atoms with van der Waals surface area (Å²) in [6.45, 7) is 0. The second-order valence-electron chi connectivity index (χ2n) is 10.4. The zero-order valence-electron chi connectivity index (χ0n) is 24.3. The Hall–Kier alpha value is -4.95. The smallest absolute Gasteiger partial charge is 0.154 e. The van der Waals surface area contributed by atoms with E-state index in [1.807, 2.05) is 72.1 Å². The third-order valence-corrected chi connectivity index (χ3v) is 9.71. The van der Waals surface area contributed by atoms with E-state index in [0.29, 0.717) is 23.3 Å². The van der Waals surface area contributed by atoms with Gasteiger partial charge >= 0.3 is 0 Å². The van der Waals surface area contributed by atoms with Gasteiger partial charge in [0.05, 0.1) is 5.56 Å². The summed E-state index contributed by atoms with van der Waals surface area (Å²) in [7, 11) is 0. The van der Waals surface area contributed by atoms with Crippen LogP contribution in [0.2, 0.25) is 0 Å². The van der Waals surface area contributed by atoms with Crippen LogP contribution in [-0.4, -0.2) is 21.6 Å². The maximum Gasteiger partial charge on any atom is 0.154 e. The van der Waals surface area contributed by atoms with Crippen molar-refractivity contribution < 1.29 is 20.1 Å². The standard InChI is InChI=1S/C15H10O2S.C14H10OS.C10H7BrO/c16-9-13-12-5-3-11(15-2-1-7-18-15)8-10(12)4-6-14(13)17;15-13-6-5-10-8-12(4-3-11(10)9-13)14-2-1-7-16-14;11-9-3-1-8-6-10(12)4-2-7(8)5-9/h1-9,17H;1-9,15H;1-6,12H. The molecule has 0 amide bonds. The summed E-state index contributed by atoms with van der Waals surface area (Å²) >= 11 is 6.81. The molecule has 0 atom stereocenters. The number of carbonyl (C=O) groups is 1. The summed E-state index contributed by atoms with van der Waals surface area (Å²) in [6, 6.07) is 40.6. The number of carbonyl (C=O) groups excluding carboxylic acids is 1. The molecular formula is C39H27BrO4S2. The number of phenols is 3. The molecule has 6 aromatic carbocycles. The van der Waals surface area contributed by atoms with Crippen LogP contribution in [0, 0.1) is 0 Å². The van der Waals surface area contributed by atoms with Gasteiger partial charge in [0.15, 0.2) is 6.29 Å². The lowest BCUT2D eigenvalue weighted by molar-refractivity contribution is 0.112. The molecule has 0 unspecified atom stereocenters. The van der Waals surface area contributed by atoms with Crippen LogP contribution in [0.25, 0.3) is 53.2 Å². The van der Waals surface area contributed by atoms with Crippen molar-refractivity contribution >= 4 is 77.2 Å². The predicted molar refractivity (Wildman–Crippen MR) is 197 cm³/mol. The summed E-state index contributed by atoms with van der Waals surface area (Å²) in [5.41, 5.74) is 2.71. The second kappa shape index (κ2) is 14.0. The Morgan fingerprint density at radius 1 is 0.522 bits per heavy atom. The number of aromatic hydroxyl groups is 3. The number of phenolic OH excluding ortho intramolecular Hbond substituents is 3. The number of aldehydes is 1. The third-order valence-electron chi connectivity index (χ3n) is 7.38. The SMILES string of the molecule is O=Cc1c(O)ccc2cc(-c3cccs3)ccc12.Oc1ccc2cc(-c3cccs3)ccc2c1.Oc1ccc2cc(Br)ccc2c1. The maximum atomic E-state index is 11.0. The number of rotatable bonds is 3. The van der Waals surface area contributed by atoms with Gasteiger partial charge in [0.25, 0.3) is 0 Å². The molecule has 0 saturated carbocycles. The molecule has 0 bridgehead atoms. The van der Waals surface area contributed by atoms with E-state index in [9.17, 15) is 20.1 Å². The van der Waals surface area contributed by atoms with Crippen LogP contribution in [0.15, 0.2) is 143 Å². The van der Waals surface area contributed by atoms with E-state index < -0.39 is 0 Å². The molecule has 2 heterocycles. The Morgan fingerprint density at radius 3 is 1.61 bits per heavy atom. The van der Waals surface area contributed by atoms with Crippen molar-refractivity contribution in [2.45, 2.75) is 0 Å². The van der Waals surface area contributed by atoms with Crippen molar-refractivity contribution in [2.24, 2.45) is 0 Å². The molecule has 4 nitrogen and oxygen atoms in total. The first-order valence-electron chi connectivity index (χ1n) is 14.3. The van der Waals surface area contributed by atoms with E-state index in [1.54, 1.807) is 53.0 Å².